The molecule has 18 heavy (non-hydrogen) atoms. The summed E-state index contributed by atoms with van der Waals surface area (Å²) in [6, 6.07) is 0.800. The van der Waals surface area contributed by atoms with E-state index < -0.39 is 0 Å². The molecule has 1 fully saturated rings. The molecule has 0 bridgehead atoms. The predicted molar refractivity (Wildman–Crippen MR) is 71.5 cm³/mol. The van der Waals surface area contributed by atoms with Gasteiger partial charge in [0.05, 0.1) is 7.11 Å². The average Bonchev–Trinajstić information content (AvgIpc) is 2.42. The Bertz CT molecular complexity index is 358. The second kappa shape index (κ2) is 6.14. The van der Waals surface area contributed by atoms with Gasteiger partial charge in [0, 0.05) is 24.0 Å². The normalized spacial score (nSPS) is 25.7. The van der Waals surface area contributed by atoms with Crippen molar-refractivity contribution >= 4 is 0 Å². The molecule has 1 saturated carbocycles. The van der Waals surface area contributed by atoms with Gasteiger partial charge in [-0.15, -0.1) is 0 Å². The topological polar surface area (TPSA) is 47.0 Å². The number of nitrogens with zero attached hydrogens (tertiary/aromatic N) is 2. The predicted octanol–water partition coefficient (Wildman–Crippen LogP) is 2.57. The van der Waals surface area contributed by atoms with Gasteiger partial charge in [-0.3, -0.25) is 0 Å². The molecule has 0 aliphatic heterocycles. The summed E-state index contributed by atoms with van der Waals surface area (Å²) in [5, 5.41) is 3.42. The molecule has 0 aromatic carbocycles. The van der Waals surface area contributed by atoms with Crippen LogP contribution in [0.4, 0.5) is 0 Å². The summed E-state index contributed by atoms with van der Waals surface area (Å²) in [5.74, 6) is 1.58. The fourth-order valence-corrected chi connectivity index (χ4v) is 2.89. The molecular weight excluding hydrogens is 226 g/mol. The van der Waals surface area contributed by atoms with Crippen molar-refractivity contribution in [3.63, 3.8) is 0 Å². The van der Waals surface area contributed by atoms with E-state index in [-0.39, 0.29) is 0 Å². The molecule has 1 unspecified atom stereocenters. The first kappa shape index (κ1) is 13.3. The third-order valence-electron chi connectivity index (χ3n) is 4.03. The van der Waals surface area contributed by atoms with Gasteiger partial charge in [0.1, 0.15) is 0 Å². The van der Waals surface area contributed by atoms with E-state index in [9.17, 15) is 0 Å². The minimum Gasteiger partial charge on any atom is -0.467 e. The minimum atomic E-state index is 0.364. The monoisotopic (exact) mass is 249 g/mol. The van der Waals surface area contributed by atoms with Crippen molar-refractivity contribution in [2.45, 2.75) is 38.6 Å². The number of methoxy groups -OCH3 is 1. The van der Waals surface area contributed by atoms with E-state index in [1.807, 2.05) is 19.4 Å². The lowest BCUT2D eigenvalue weighted by molar-refractivity contribution is 0.237. The lowest BCUT2D eigenvalue weighted by Gasteiger charge is -2.32. The van der Waals surface area contributed by atoms with Crippen molar-refractivity contribution in [2.24, 2.45) is 11.8 Å². The standard InChI is InChI=1S/C14H23N3O/c1-10-4-6-11(7-5-10)13(15-2)12-8-16-14(18-3)17-9-12/h8-11,13,15H,4-7H2,1-3H3. The fourth-order valence-electron chi connectivity index (χ4n) is 2.89. The summed E-state index contributed by atoms with van der Waals surface area (Å²) in [5.41, 5.74) is 1.16. The maximum Gasteiger partial charge on any atom is 0.316 e. The van der Waals surface area contributed by atoms with Crippen molar-refractivity contribution in [3.8, 4) is 6.01 Å². The zero-order valence-electron chi connectivity index (χ0n) is 11.5. The van der Waals surface area contributed by atoms with Gasteiger partial charge in [-0.25, -0.2) is 9.97 Å². The summed E-state index contributed by atoms with van der Waals surface area (Å²) < 4.78 is 5.00. The van der Waals surface area contributed by atoms with Crippen molar-refractivity contribution in [3.05, 3.63) is 18.0 Å². The fraction of sp³-hybridized carbons (Fsp3) is 0.714. The molecule has 1 heterocycles. The van der Waals surface area contributed by atoms with Gasteiger partial charge < -0.3 is 10.1 Å². The summed E-state index contributed by atoms with van der Waals surface area (Å²) in [6.45, 7) is 2.35. The first-order chi connectivity index (χ1) is 8.74. The quantitative estimate of drug-likeness (QED) is 0.891. The third kappa shape index (κ3) is 2.99. The molecule has 0 amide bonds. The van der Waals surface area contributed by atoms with Crippen LogP contribution in [0.15, 0.2) is 12.4 Å². The van der Waals surface area contributed by atoms with Gasteiger partial charge in [-0.05, 0) is 31.7 Å². The van der Waals surface area contributed by atoms with E-state index in [4.69, 9.17) is 4.74 Å². The highest BCUT2D eigenvalue weighted by Gasteiger charge is 2.26. The van der Waals surface area contributed by atoms with Crippen LogP contribution in [0.25, 0.3) is 0 Å². The Kier molecular flexibility index (Phi) is 4.53. The molecular formula is C14H23N3O. The Morgan fingerprint density at radius 3 is 2.33 bits per heavy atom. The second-order valence-electron chi connectivity index (χ2n) is 5.29. The molecule has 1 aromatic rings. The summed E-state index contributed by atoms with van der Waals surface area (Å²) in [6.07, 6.45) is 9.01. The van der Waals surface area contributed by atoms with Gasteiger partial charge in [0.2, 0.25) is 0 Å². The van der Waals surface area contributed by atoms with Crippen molar-refractivity contribution in [1.29, 1.82) is 0 Å². The summed E-state index contributed by atoms with van der Waals surface area (Å²) >= 11 is 0. The van der Waals surface area contributed by atoms with Crippen LogP contribution in [0, 0.1) is 11.8 Å². The van der Waals surface area contributed by atoms with Gasteiger partial charge in [0.15, 0.2) is 0 Å². The number of rotatable bonds is 4. The molecule has 1 aliphatic carbocycles. The number of hydrogen-bond donors (Lipinski definition) is 1. The maximum absolute atomic E-state index is 5.00. The van der Waals surface area contributed by atoms with Crippen molar-refractivity contribution < 1.29 is 4.74 Å². The molecule has 100 valence electrons. The molecule has 4 heteroatoms. The Balaban J connectivity index is 2.07. The van der Waals surface area contributed by atoms with Crippen LogP contribution in [0.3, 0.4) is 0 Å². The zero-order chi connectivity index (χ0) is 13.0. The summed E-state index contributed by atoms with van der Waals surface area (Å²) in [7, 11) is 3.61. The Hall–Kier alpha value is -1.16. The first-order valence-corrected chi connectivity index (χ1v) is 6.77. The highest BCUT2D eigenvalue weighted by molar-refractivity contribution is 5.14. The Labute approximate surface area is 109 Å². The lowest BCUT2D eigenvalue weighted by atomic mass is 9.78. The van der Waals surface area contributed by atoms with Crippen LogP contribution < -0.4 is 10.1 Å². The number of aromatic nitrogens is 2. The van der Waals surface area contributed by atoms with Crippen LogP contribution in [-0.2, 0) is 0 Å². The van der Waals surface area contributed by atoms with E-state index in [2.05, 4.69) is 22.2 Å². The van der Waals surface area contributed by atoms with Crippen molar-refractivity contribution in [1.82, 2.24) is 15.3 Å². The van der Waals surface area contributed by atoms with E-state index in [1.165, 1.54) is 25.7 Å². The molecule has 1 atom stereocenters. The van der Waals surface area contributed by atoms with E-state index in [0.717, 1.165) is 11.5 Å². The molecule has 2 rings (SSSR count). The molecule has 0 saturated heterocycles. The van der Waals surface area contributed by atoms with Gasteiger partial charge >= 0.3 is 6.01 Å². The average molecular weight is 249 g/mol. The van der Waals surface area contributed by atoms with Crippen LogP contribution >= 0.6 is 0 Å². The highest BCUT2D eigenvalue weighted by Crippen LogP contribution is 2.36. The second-order valence-corrected chi connectivity index (χ2v) is 5.29. The van der Waals surface area contributed by atoms with Crippen LogP contribution in [0.1, 0.15) is 44.2 Å². The molecule has 1 aromatic heterocycles. The summed E-state index contributed by atoms with van der Waals surface area (Å²) in [4.78, 5) is 8.40. The van der Waals surface area contributed by atoms with E-state index in [1.54, 1.807) is 7.11 Å². The SMILES string of the molecule is CNC(c1cnc(OC)nc1)C1CCC(C)CC1. The van der Waals surface area contributed by atoms with Crippen LogP contribution in [-0.4, -0.2) is 24.1 Å². The third-order valence-corrected chi connectivity index (χ3v) is 4.03. The maximum atomic E-state index is 5.00. The number of ether oxygens (including phenoxy) is 1. The van der Waals surface area contributed by atoms with Crippen LogP contribution in [0.5, 0.6) is 6.01 Å². The van der Waals surface area contributed by atoms with E-state index in [0.29, 0.717) is 18.0 Å². The van der Waals surface area contributed by atoms with Gasteiger partial charge in [0.25, 0.3) is 0 Å². The zero-order valence-corrected chi connectivity index (χ0v) is 11.5. The van der Waals surface area contributed by atoms with Crippen molar-refractivity contribution in [2.75, 3.05) is 14.2 Å². The molecule has 4 nitrogen and oxygen atoms in total. The minimum absolute atomic E-state index is 0.364. The molecule has 1 N–H and O–H groups in total. The molecule has 1 aliphatic rings. The largest absolute Gasteiger partial charge is 0.467 e. The molecule has 0 spiro atoms. The smallest absolute Gasteiger partial charge is 0.316 e. The van der Waals surface area contributed by atoms with Crippen LogP contribution in [0.2, 0.25) is 0 Å². The molecule has 0 radical (unpaired) electrons. The Morgan fingerprint density at radius 2 is 1.83 bits per heavy atom. The van der Waals surface area contributed by atoms with E-state index >= 15 is 0 Å². The highest BCUT2D eigenvalue weighted by atomic mass is 16.5. The Morgan fingerprint density at radius 1 is 1.22 bits per heavy atom. The number of hydrogen-bond acceptors (Lipinski definition) is 4. The van der Waals surface area contributed by atoms with Gasteiger partial charge in [-0.1, -0.05) is 19.8 Å². The number of nitrogens with one attached hydrogen (secondary N) is 1. The lowest BCUT2D eigenvalue weighted by Crippen LogP contribution is -2.28. The first-order valence-electron chi connectivity index (χ1n) is 6.77. The van der Waals surface area contributed by atoms with Gasteiger partial charge in [-0.2, -0.15) is 0 Å².